The van der Waals surface area contributed by atoms with E-state index in [2.05, 4.69) is 35.2 Å². The first-order chi connectivity index (χ1) is 11.3. The van der Waals surface area contributed by atoms with Crippen molar-refractivity contribution in [1.29, 1.82) is 0 Å². The molecule has 4 rings (SSSR count). The largest absolute Gasteiger partial charge is 0.399 e. The Balaban J connectivity index is 1.47. The van der Waals surface area contributed by atoms with Crippen molar-refractivity contribution in [3.05, 3.63) is 54.1 Å². The van der Waals surface area contributed by atoms with E-state index < -0.39 is 0 Å². The molecule has 0 bridgehead atoms. The highest BCUT2D eigenvalue weighted by Gasteiger charge is 2.35. The Labute approximate surface area is 143 Å². The van der Waals surface area contributed by atoms with Gasteiger partial charge in [-0.05, 0) is 68.1 Å². The Bertz CT molecular complexity index is 668. The van der Waals surface area contributed by atoms with Gasteiger partial charge in [0, 0.05) is 27.6 Å². The number of nitrogens with two attached hydrogens (primary N) is 1. The van der Waals surface area contributed by atoms with E-state index in [9.17, 15) is 0 Å². The molecule has 2 aliphatic rings. The Morgan fingerprint density at radius 2 is 1.78 bits per heavy atom. The highest BCUT2D eigenvalue weighted by atomic mass is 32.2. The van der Waals surface area contributed by atoms with E-state index in [1.54, 1.807) is 11.8 Å². The molecular weight excluding hydrogens is 300 g/mol. The summed E-state index contributed by atoms with van der Waals surface area (Å²) in [5, 5.41) is 0. The van der Waals surface area contributed by atoms with Gasteiger partial charge in [0.2, 0.25) is 0 Å². The van der Waals surface area contributed by atoms with Crippen molar-refractivity contribution in [2.24, 2.45) is 0 Å². The Hall–Kier alpha value is -1.45. The summed E-state index contributed by atoms with van der Waals surface area (Å²) in [5.74, 6) is 0. The van der Waals surface area contributed by atoms with Crippen LogP contribution in [0, 0.1) is 0 Å². The fourth-order valence-corrected chi connectivity index (χ4v) is 4.98. The number of fused-ring (bicyclic) bond motifs is 1. The van der Waals surface area contributed by atoms with Gasteiger partial charge in [-0.2, -0.15) is 0 Å². The van der Waals surface area contributed by atoms with E-state index in [4.69, 9.17) is 5.73 Å². The van der Waals surface area contributed by atoms with E-state index in [-0.39, 0.29) is 0 Å². The molecule has 120 valence electrons. The first kappa shape index (κ1) is 15.1. The van der Waals surface area contributed by atoms with Crippen molar-refractivity contribution in [3.63, 3.8) is 0 Å². The van der Waals surface area contributed by atoms with Gasteiger partial charge in [-0.25, -0.2) is 0 Å². The van der Waals surface area contributed by atoms with Crippen LogP contribution in [0.2, 0.25) is 0 Å². The minimum absolute atomic E-state index is 0.645. The van der Waals surface area contributed by atoms with Gasteiger partial charge in [0.1, 0.15) is 0 Å². The smallest absolute Gasteiger partial charge is 0.0351 e. The molecule has 2 aromatic carbocycles. The van der Waals surface area contributed by atoms with Crippen LogP contribution in [0.1, 0.15) is 43.7 Å². The van der Waals surface area contributed by atoms with Gasteiger partial charge in [-0.3, -0.25) is 4.90 Å². The minimum Gasteiger partial charge on any atom is -0.399 e. The molecule has 2 atom stereocenters. The second-order valence-electron chi connectivity index (χ2n) is 6.72. The van der Waals surface area contributed by atoms with Crippen LogP contribution in [0.3, 0.4) is 0 Å². The van der Waals surface area contributed by atoms with Crippen molar-refractivity contribution in [3.8, 4) is 0 Å². The van der Waals surface area contributed by atoms with Gasteiger partial charge in [0.05, 0.1) is 0 Å². The molecule has 0 saturated carbocycles. The molecule has 2 nitrogen and oxygen atoms in total. The molecule has 0 aliphatic carbocycles. The molecule has 2 fully saturated rings. The van der Waals surface area contributed by atoms with Crippen molar-refractivity contribution in [2.75, 3.05) is 12.3 Å². The maximum absolute atomic E-state index is 5.86. The van der Waals surface area contributed by atoms with Crippen LogP contribution in [-0.4, -0.2) is 17.5 Å². The average molecular weight is 324 g/mol. The summed E-state index contributed by atoms with van der Waals surface area (Å²) in [6.45, 7) is 1.29. The standard InChI is InChI=1S/C20H24N2S/c21-16-4-3-6-19(14-16)23-18-10-7-15(8-11-18)20-12-9-17-5-1-2-13-22(17)20/h3-4,6-8,10-11,14,17,20H,1-2,5,9,12-13,21H2. The molecule has 23 heavy (non-hydrogen) atoms. The Morgan fingerprint density at radius 3 is 2.61 bits per heavy atom. The molecule has 2 unspecified atom stereocenters. The molecule has 2 N–H and O–H groups in total. The maximum Gasteiger partial charge on any atom is 0.0351 e. The molecular formula is C20H24N2S. The third-order valence-corrected chi connectivity index (χ3v) is 6.20. The summed E-state index contributed by atoms with van der Waals surface area (Å²) in [4.78, 5) is 5.24. The van der Waals surface area contributed by atoms with E-state index >= 15 is 0 Å². The number of nitrogen functional groups attached to an aromatic ring is 1. The zero-order valence-electron chi connectivity index (χ0n) is 13.4. The van der Waals surface area contributed by atoms with Crippen LogP contribution < -0.4 is 5.73 Å². The number of rotatable bonds is 3. The molecule has 0 spiro atoms. The van der Waals surface area contributed by atoms with Crippen LogP contribution in [0.4, 0.5) is 5.69 Å². The highest BCUT2D eigenvalue weighted by molar-refractivity contribution is 7.99. The van der Waals surface area contributed by atoms with E-state index in [0.717, 1.165) is 11.7 Å². The molecule has 0 amide bonds. The van der Waals surface area contributed by atoms with Gasteiger partial charge in [0.25, 0.3) is 0 Å². The van der Waals surface area contributed by atoms with Crippen LogP contribution in [0.15, 0.2) is 58.3 Å². The first-order valence-corrected chi connectivity index (χ1v) is 9.50. The number of hydrogen-bond acceptors (Lipinski definition) is 3. The van der Waals surface area contributed by atoms with Crippen molar-refractivity contribution in [1.82, 2.24) is 4.90 Å². The zero-order valence-corrected chi connectivity index (χ0v) is 14.3. The van der Waals surface area contributed by atoms with Crippen molar-refractivity contribution < 1.29 is 0 Å². The first-order valence-electron chi connectivity index (χ1n) is 8.69. The molecule has 2 aliphatic heterocycles. The predicted molar refractivity (Wildman–Crippen MR) is 97.7 cm³/mol. The number of hydrogen-bond donors (Lipinski definition) is 1. The summed E-state index contributed by atoms with van der Waals surface area (Å²) in [6, 6.07) is 18.8. The average Bonchev–Trinajstić information content (AvgIpc) is 3.00. The summed E-state index contributed by atoms with van der Waals surface area (Å²) < 4.78 is 0. The maximum atomic E-state index is 5.86. The third kappa shape index (κ3) is 3.26. The lowest BCUT2D eigenvalue weighted by atomic mass is 10.0. The van der Waals surface area contributed by atoms with Gasteiger partial charge in [-0.15, -0.1) is 0 Å². The summed E-state index contributed by atoms with van der Waals surface area (Å²) in [5.41, 5.74) is 8.18. The quantitative estimate of drug-likeness (QED) is 0.796. The number of anilines is 1. The van der Waals surface area contributed by atoms with Gasteiger partial charge in [0.15, 0.2) is 0 Å². The molecule has 2 saturated heterocycles. The zero-order chi connectivity index (χ0) is 15.6. The summed E-state index contributed by atoms with van der Waals surface area (Å²) in [7, 11) is 0. The Kier molecular flexibility index (Phi) is 4.32. The fraction of sp³-hybridized carbons (Fsp3) is 0.400. The molecule has 2 aromatic rings. The molecule has 2 heterocycles. The van der Waals surface area contributed by atoms with Crippen LogP contribution in [0.25, 0.3) is 0 Å². The van der Waals surface area contributed by atoms with Gasteiger partial charge >= 0.3 is 0 Å². The summed E-state index contributed by atoms with van der Waals surface area (Å²) in [6.07, 6.45) is 6.90. The van der Waals surface area contributed by atoms with Gasteiger partial charge < -0.3 is 5.73 Å². The van der Waals surface area contributed by atoms with Crippen LogP contribution in [0.5, 0.6) is 0 Å². The molecule has 3 heteroatoms. The number of benzene rings is 2. The fourth-order valence-electron chi connectivity index (χ4n) is 4.09. The second kappa shape index (κ2) is 6.58. The third-order valence-electron chi connectivity index (χ3n) is 5.21. The van der Waals surface area contributed by atoms with E-state index in [1.807, 2.05) is 18.2 Å². The normalized spacial score (nSPS) is 24.5. The molecule has 0 radical (unpaired) electrons. The summed E-state index contributed by atoms with van der Waals surface area (Å²) >= 11 is 1.78. The van der Waals surface area contributed by atoms with Crippen LogP contribution >= 0.6 is 11.8 Å². The van der Waals surface area contributed by atoms with Crippen LogP contribution in [-0.2, 0) is 0 Å². The van der Waals surface area contributed by atoms with E-state index in [1.165, 1.54) is 54.0 Å². The monoisotopic (exact) mass is 324 g/mol. The topological polar surface area (TPSA) is 29.3 Å². The lowest BCUT2D eigenvalue weighted by Crippen LogP contribution is -2.35. The second-order valence-corrected chi connectivity index (χ2v) is 7.87. The minimum atomic E-state index is 0.645. The highest BCUT2D eigenvalue weighted by Crippen LogP contribution is 2.40. The van der Waals surface area contributed by atoms with Gasteiger partial charge in [-0.1, -0.05) is 36.4 Å². The SMILES string of the molecule is Nc1cccc(Sc2ccc(C3CCC4CCCCN43)cc2)c1. The van der Waals surface area contributed by atoms with Crippen molar-refractivity contribution >= 4 is 17.4 Å². The lowest BCUT2D eigenvalue weighted by Gasteiger charge is -2.34. The molecule has 0 aromatic heterocycles. The van der Waals surface area contributed by atoms with E-state index in [0.29, 0.717) is 6.04 Å². The lowest BCUT2D eigenvalue weighted by molar-refractivity contribution is 0.150. The Morgan fingerprint density at radius 1 is 0.913 bits per heavy atom. The predicted octanol–water partition coefficient (Wildman–Crippen LogP) is 5.11. The van der Waals surface area contributed by atoms with Crippen molar-refractivity contribution in [2.45, 2.75) is 54.0 Å². The number of piperidine rings is 1. The number of nitrogens with zero attached hydrogens (tertiary/aromatic N) is 1.